The Balaban J connectivity index is 1.37. The lowest BCUT2D eigenvalue weighted by Gasteiger charge is -2.31. The summed E-state index contributed by atoms with van der Waals surface area (Å²) in [5, 5.41) is 4.25. The number of carbonyl (C=O) groups is 1. The maximum atomic E-state index is 15.2. The standard InChI is InChI=1S/C25H27F2N7O2/c1-4-21-30-25(36-31-21)33-9-7-17(8-10-33)34-13-19(27)22-20(28-14-29-23(22)34)12-15-5-6-16(11-18(15)26)24(35)32(2)3/h5-6,11,13-14,17H,4,7-10,12H2,1-3H3. The zero-order valence-electron chi connectivity index (χ0n) is 20.4. The minimum Gasteiger partial charge on any atom is -0.345 e. The van der Waals surface area contributed by atoms with Gasteiger partial charge in [-0.3, -0.25) is 4.79 Å². The van der Waals surface area contributed by atoms with Crippen molar-refractivity contribution in [1.82, 2.24) is 29.6 Å². The number of benzene rings is 1. The van der Waals surface area contributed by atoms with Crippen LogP contribution in [-0.4, -0.2) is 62.7 Å². The third-order valence-electron chi connectivity index (χ3n) is 6.61. The number of anilines is 1. The summed E-state index contributed by atoms with van der Waals surface area (Å²) in [6.45, 7) is 3.36. The van der Waals surface area contributed by atoms with E-state index in [9.17, 15) is 9.18 Å². The van der Waals surface area contributed by atoms with Crippen LogP contribution in [0.2, 0.25) is 0 Å². The highest BCUT2D eigenvalue weighted by molar-refractivity contribution is 5.94. The summed E-state index contributed by atoms with van der Waals surface area (Å²) in [6, 6.07) is 4.88. The van der Waals surface area contributed by atoms with Gasteiger partial charge in [-0.25, -0.2) is 18.7 Å². The van der Waals surface area contributed by atoms with E-state index >= 15 is 4.39 Å². The van der Waals surface area contributed by atoms with E-state index in [1.54, 1.807) is 26.2 Å². The Morgan fingerprint density at radius 3 is 2.61 bits per heavy atom. The highest BCUT2D eigenvalue weighted by Crippen LogP contribution is 2.32. The van der Waals surface area contributed by atoms with E-state index in [-0.39, 0.29) is 29.3 Å². The molecule has 0 saturated carbocycles. The van der Waals surface area contributed by atoms with Crippen molar-refractivity contribution in [2.75, 3.05) is 32.1 Å². The summed E-state index contributed by atoms with van der Waals surface area (Å²) in [6.07, 6.45) is 5.14. The van der Waals surface area contributed by atoms with Gasteiger partial charge in [-0.1, -0.05) is 18.1 Å². The first-order chi connectivity index (χ1) is 17.4. The number of fused-ring (bicyclic) bond motifs is 1. The highest BCUT2D eigenvalue weighted by Gasteiger charge is 2.27. The molecule has 1 amide bonds. The Labute approximate surface area is 206 Å². The molecule has 1 aromatic carbocycles. The topological polar surface area (TPSA) is 93.2 Å². The second-order valence-electron chi connectivity index (χ2n) is 9.15. The van der Waals surface area contributed by atoms with Crippen molar-refractivity contribution in [3.05, 3.63) is 65.0 Å². The third kappa shape index (κ3) is 4.40. The van der Waals surface area contributed by atoms with Gasteiger partial charge in [0.15, 0.2) is 11.6 Å². The molecule has 5 rings (SSSR count). The summed E-state index contributed by atoms with van der Waals surface area (Å²) < 4.78 is 37.2. The Morgan fingerprint density at radius 1 is 1.17 bits per heavy atom. The summed E-state index contributed by atoms with van der Waals surface area (Å²) in [5.41, 5.74) is 1.47. The molecular weight excluding hydrogens is 468 g/mol. The number of amides is 1. The molecular formula is C25H27F2N7O2. The van der Waals surface area contributed by atoms with E-state index in [2.05, 4.69) is 20.1 Å². The van der Waals surface area contributed by atoms with Gasteiger partial charge in [0, 0.05) is 57.8 Å². The molecule has 4 heterocycles. The number of hydrogen-bond acceptors (Lipinski definition) is 7. The predicted molar refractivity (Wildman–Crippen MR) is 129 cm³/mol. The van der Waals surface area contributed by atoms with Crippen LogP contribution in [0.1, 0.15) is 53.2 Å². The van der Waals surface area contributed by atoms with E-state index in [1.807, 2.05) is 16.4 Å². The van der Waals surface area contributed by atoms with Crippen LogP contribution >= 0.6 is 0 Å². The van der Waals surface area contributed by atoms with E-state index in [1.165, 1.54) is 23.5 Å². The van der Waals surface area contributed by atoms with Gasteiger partial charge in [-0.05, 0) is 30.5 Å². The van der Waals surface area contributed by atoms with Crippen molar-refractivity contribution in [2.24, 2.45) is 0 Å². The van der Waals surface area contributed by atoms with Crippen LogP contribution in [0, 0.1) is 11.6 Å². The molecule has 0 spiro atoms. The Morgan fingerprint density at radius 2 is 1.94 bits per heavy atom. The lowest BCUT2D eigenvalue weighted by molar-refractivity contribution is 0.0827. The second kappa shape index (κ2) is 9.63. The smallest absolute Gasteiger partial charge is 0.324 e. The van der Waals surface area contributed by atoms with Gasteiger partial charge >= 0.3 is 6.01 Å². The van der Waals surface area contributed by atoms with Crippen LogP contribution in [0.15, 0.2) is 35.2 Å². The van der Waals surface area contributed by atoms with Crippen LogP contribution in [0.25, 0.3) is 11.0 Å². The van der Waals surface area contributed by atoms with Gasteiger partial charge in [-0.15, -0.1) is 0 Å². The second-order valence-corrected chi connectivity index (χ2v) is 9.15. The first-order valence-electron chi connectivity index (χ1n) is 11.9. The molecule has 0 atom stereocenters. The number of nitrogens with zero attached hydrogens (tertiary/aromatic N) is 7. The van der Waals surface area contributed by atoms with E-state index in [4.69, 9.17) is 4.52 Å². The summed E-state index contributed by atoms with van der Waals surface area (Å²) in [5.74, 6) is -0.588. The van der Waals surface area contributed by atoms with Crippen molar-refractivity contribution in [1.29, 1.82) is 0 Å². The van der Waals surface area contributed by atoms with Gasteiger partial charge in [-0.2, -0.15) is 4.98 Å². The minimum absolute atomic E-state index is 0.0395. The van der Waals surface area contributed by atoms with E-state index < -0.39 is 11.6 Å². The number of aromatic nitrogens is 5. The molecule has 0 N–H and O–H groups in total. The molecule has 0 bridgehead atoms. The monoisotopic (exact) mass is 495 g/mol. The average Bonchev–Trinajstić information content (AvgIpc) is 3.50. The zero-order chi connectivity index (χ0) is 25.4. The maximum Gasteiger partial charge on any atom is 0.324 e. The molecule has 9 nitrogen and oxygen atoms in total. The number of halogens is 2. The van der Waals surface area contributed by atoms with Crippen molar-refractivity contribution in [2.45, 2.75) is 38.6 Å². The lowest BCUT2D eigenvalue weighted by atomic mass is 10.0. The van der Waals surface area contributed by atoms with Crippen LogP contribution in [0.5, 0.6) is 0 Å². The number of carbonyl (C=O) groups excluding carboxylic acids is 1. The molecule has 3 aromatic heterocycles. The molecule has 1 aliphatic rings. The SMILES string of the molecule is CCc1noc(N2CCC(n3cc(F)c4c(Cc5ccc(C(=O)N(C)C)cc5F)ncnc43)CC2)n1. The Kier molecular flexibility index (Phi) is 6.38. The molecule has 188 valence electrons. The minimum atomic E-state index is -0.533. The van der Waals surface area contributed by atoms with Gasteiger partial charge in [0.1, 0.15) is 17.8 Å². The number of piperidine rings is 1. The third-order valence-corrected chi connectivity index (χ3v) is 6.61. The van der Waals surface area contributed by atoms with Crippen LogP contribution in [0.4, 0.5) is 14.8 Å². The van der Waals surface area contributed by atoms with Gasteiger partial charge in [0.25, 0.3) is 5.91 Å². The zero-order valence-corrected chi connectivity index (χ0v) is 20.4. The molecule has 1 fully saturated rings. The fourth-order valence-electron chi connectivity index (χ4n) is 4.63. The fraction of sp³-hybridized carbons (Fsp3) is 0.400. The summed E-state index contributed by atoms with van der Waals surface area (Å²) >= 11 is 0. The highest BCUT2D eigenvalue weighted by atomic mass is 19.1. The first kappa shape index (κ1) is 23.8. The molecule has 1 aliphatic heterocycles. The quantitative estimate of drug-likeness (QED) is 0.402. The molecule has 11 heteroatoms. The van der Waals surface area contributed by atoms with Crippen molar-refractivity contribution in [3.63, 3.8) is 0 Å². The van der Waals surface area contributed by atoms with Crippen LogP contribution in [0.3, 0.4) is 0 Å². The first-order valence-corrected chi connectivity index (χ1v) is 11.9. The molecule has 0 radical (unpaired) electrons. The fourth-order valence-corrected chi connectivity index (χ4v) is 4.63. The van der Waals surface area contributed by atoms with Gasteiger partial charge in [0.2, 0.25) is 0 Å². The molecule has 1 saturated heterocycles. The van der Waals surface area contributed by atoms with Gasteiger partial charge < -0.3 is 18.9 Å². The summed E-state index contributed by atoms with van der Waals surface area (Å²) in [7, 11) is 3.21. The lowest BCUT2D eigenvalue weighted by Crippen LogP contribution is -2.34. The molecule has 0 unspecified atom stereocenters. The van der Waals surface area contributed by atoms with Crippen LogP contribution in [-0.2, 0) is 12.8 Å². The largest absolute Gasteiger partial charge is 0.345 e. The predicted octanol–water partition coefficient (Wildman–Crippen LogP) is 3.79. The van der Waals surface area contributed by atoms with Crippen LogP contribution < -0.4 is 4.90 Å². The Bertz CT molecular complexity index is 1410. The van der Waals surface area contributed by atoms with Crippen molar-refractivity contribution >= 4 is 23.0 Å². The molecule has 4 aromatic rings. The number of rotatable bonds is 6. The number of hydrogen-bond donors (Lipinski definition) is 0. The Hall–Kier alpha value is -3.89. The number of aryl methyl sites for hydroxylation is 1. The summed E-state index contributed by atoms with van der Waals surface area (Å²) in [4.78, 5) is 28.6. The van der Waals surface area contributed by atoms with Gasteiger partial charge in [0.05, 0.1) is 11.1 Å². The van der Waals surface area contributed by atoms with E-state index in [0.717, 1.165) is 12.8 Å². The van der Waals surface area contributed by atoms with E-state index in [0.29, 0.717) is 48.3 Å². The molecule has 0 aliphatic carbocycles. The molecule has 36 heavy (non-hydrogen) atoms. The van der Waals surface area contributed by atoms with Crippen molar-refractivity contribution < 1.29 is 18.1 Å². The average molecular weight is 496 g/mol. The van der Waals surface area contributed by atoms with Crippen molar-refractivity contribution in [3.8, 4) is 0 Å². The maximum absolute atomic E-state index is 15.2. The normalized spacial score (nSPS) is 14.5.